The van der Waals surface area contributed by atoms with Gasteiger partial charge >= 0.3 is 0 Å². The highest BCUT2D eigenvalue weighted by atomic mass is 16.5. The SMILES string of the molecule is CCC(C)Oc1ccc(C=O)cc1C(C)(C)C. The van der Waals surface area contributed by atoms with E-state index in [9.17, 15) is 4.79 Å². The molecule has 1 aromatic rings. The number of ether oxygens (including phenoxy) is 1. The van der Waals surface area contributed by atoms with Crippen molar-refractivity contribution in [3.8, 4) is 5.75 Å². The summed E-state index contributed by atoms with van der Waals surface area (Å²) in [6.45, 7) is 10.5. The monoisotopic (exact) mass is 234 g/mol. The zero-order valence-corrected chi connectivity index (χ0v) is 11.4. The van der Waals surface area contributed by atoms with Crippen LogP contribution in [-0.4, -0.2) is 12.4 Å². The molecule has 1 rings (SSSR count). The first kappa shape index (κ1) is 13.8. The smallest absolute Gasteiger partial charge is 0.150 e. The zero-order chi connectivity index (χ0) is 13.1. The van der Waals surface area contributed by atoms with Crippen LogP contribution in [0.15, 0.2) is 18.2 Å². The summed E-state index contributed by atoms with van der Waals surface area (Å²) in [5.41, 5.74) is 1.76. The average Bonchev–Trinajstić information content (AvgIpc) is 2.28. The molecule has 17 heavy (non-hydrogen) atoms. The molecule has 0 saturated carbocycles. The van der Waals surface area contributed by atoms with Gasteiger partial charge in [-0.2, -0.15) is 0 Å². The molecule has 0 heterocycles. The molecule has 0 bridgehead atoms. The normalized spacial score (nSPS) is 13.2. The van der Waals surface area contributed by atoms with E-state index in [1.807, 2.05) is 12.1 Å². The second-order valence-electron chi connectivity index (χ2n) is 5.46. The maximum Gasteiger partial charge on any atom is 0.150 e. The fraction of sp³-hybridized carbons (Fsp3) is 0.533. The van der Waals surface area contributed by atoms with Crippen LogP contribution in [0.25, 0.3) is 0 Å². The first-order chi connectivity index (χ1) is 7.88. The van der Waals surface area contributed by atoms with E-state index in [-0.39, 0.29) is 11.5 Å². The van der Waals surface area contributed by atoms with E-state index in [1.165, 1.54) is 0 Å². The lowest BCUT2D eigenvalue weighted by Crippen LogP contribution is -2.17. The van der Waals surface area contributed by atoms with Gasteiger partial charge in [0.1, 0.15) is 12.0 Å². The van der Waals surface area contributed by atoms with Crippen molar-refractivity contribution in [3.05, 3.63) is 29.3 Å². The van der Waals surface area contributed by atoms with Gasteiger partial charge in [-0.1, -0.05) is 27.7 Å². The van der Waals surface area contributed by atoms with Crippen LogP contribution in [0.5, 0.6) is 5.75 Å². The van der Waals surface area contributed by atoms with Crippen LogP contribution in [0.3, 0.4) is 0 Å². The van der Waals surface area contributed by atoms with Crippen LogP contribution in [0.4, 0.5) is 0 Å². The number of benzene rings is 1. The second-order valence-corrected chi connectivity index (χ2v) is 5.46. The molecule has 1 unspecified atom stereocenters. The molecule has 0 N–H and O–H groups in total. The molecule has 0 aliphatic rings. The van der Waals surface area contributed by atoms with Crippen molar-refractivity contribution in [1.82, 2.24) is 0 Å². The molecule has 0 aromatic heterocycles. The van der Waals surface area contributed by atoms with Crippen molar-refractivity contribution in [2.45, 2.75) is 52.6 Å². The van der Waals surface area contributed by atoms with Gasteiger partial charge in [0.05, 0.1) is 6.10 Å². The number of hydrogen-bond donors (Lipinski definition) is 0. The van der Waals surface area contributed by atoms with E-state index in [2.05, 4.69) is 34.6 Å². The number of carbonyl (C=O) groups is 1. The van der Waals surface area contributed by atoms with E-state index in [1.54, 1.807) is 6.07 Å². The summed E-state index contributed by atoms with van der Waals surface area (Å²) >= 11 is 0. The molecule has 0 fully saturated rings. The van der Waals surface area contributed by atoms with Gasteiger partial charge in [0.15, 0.2) is 0 Å². The van der Waals surface area contributed by atoms with E-state index in [0.29, 0.717) is 5.56 Å². The Morgan fingerprint density at radius 2 is 2.00 bits per heavy atom. The summed E-state index contributed by atoms with van der Waals surface area (Å²) in [4.78, 5) is 10.8. The summed E-state index contributed by atoms with van der Waals surface area (Å²) in [6, 6.07) is 5.63. The summed E-state index contributed by atoms with van der Waals surface area (Å²) in [6.07, 6.45) is 2.04. The quantitative estimate of drug-likeness (QED) is 0.737. The third-order valence-corrected chi connectivity index (χ3v) is 2.85. The Kier molecular flexibility index (Phi) is 4.33. The van der Waals surface area contributed by atoms with Crippen molar-refractivity contribution < 1.29 is 9.53 Å². The Hall–Kier alpha value is -1.31. The summed E-state index contributed by atoms with van der Waals surface area (Å²) in [5, 5.41) is 0. The van der Waals surface area contributed by atoms with Crippen molar-refractivity contribution >= 4 is 6.29 Å². The van der Waals surface area contributed by atoms with Crippen LogP contribution < -0.4 is 4.74 Å². The number of hydrogen-bond acceptors (Lipinski definition) is 2. The van der Waals surface area contributed by atoms with Gasteiger partial charge in [0, 0.05) is 11.1 Å². The summed E-state index contributed by atoms with van der Waals surface area (Å²) < 4.78 is 5.90. The zero-order valence-electron chi connectivity index (χ0n) is 11.4. The van der Waals surface area contributed by atoms with E-state index in [4.69, 9.17) is 4.74 Å². The van der Waals surface area contributed by atoms with E-state index < -0.39 is 0 Å². The minimum absolute atomic E-state index is 0.0260. The number of carbonyl (C=O) groups excluding carboxylic acids is 1. The van der Waals surface area contributed by atoms with Crippen LogP contribution in [-0.2, 0) is 5.41 Å². The maximum absolute atomic E-state index is 10.8. The largest absolute Gasteiger partial charge is 0.490 e. The van der Waals surface area contributed by atoms with Crippen LogP contribution in [0.1, 0.15) is 57.0 Å². The standard InChI is InChI=1S/C15H22O2/c1-6-11(2)17-14-8-7-12(10-16)9-13(14)15(3,4)5/h7-11H,6H2,1-5H3. The van der Waals surface area contributed by atoms with E-state index >= 15 is 0 Å². The molecule has 0 saturated heterocycles. The average molecular weight is 234 g/mol. The molecule has 0 amide bonds. The lowest BCUT2D eigenvalue weighted by atomic mass is 9.85. The first-order valence-corrected chi connectivity index (χ1v) is 6.14. The lowest BCUT2D eigenvalue weighted by Gasteiger charge is -2.25. The molecular formula is C15H22O2. The predicted octanol–water partition coefficient (Wildman–Crippen LogP) is 3.97. The van der Waals surface area contributed by atoms with Crippen molar-refractivity contribution in [3.63, 3.8) is 0 Å². The highest BCUT2D eigenvalue weighted by molar-refractivity contribution is 5.76. The molecule has 0 spiro atoms. The molecule has 2 nitrogen and oxygen atoms in total. The van der Waals surface area contributed by atoms with Gasteiger partial charge in [-0.05, 0) is 37.0 Å². The van der Waals surface area contributed by atoms with Crippen molar-refractivity contribution in [2.75, 3.05) is 0 Å². The third-order valence-electron chi connectivity index (χ3n) is 2.85. The van der Waals surface area contributed by atoms with Crippen molar-refractivity contribution in [2.24, 2.45) is 0 Å². The number of aldehydes is 1. The van der Waals surface area contributed by atoms with E-state index in [0.717, 1.165) is 24.0 Å². The maximum atomic E-state index is 10.8. The van der Waals surface area contributed by atoms with Gasteiger partial charge in [-0.15, -0.1) is 0 Å². The third kappa shape index (κ3) is 3.58. The topological polar surface area (TPSA) is 26.3 Å². The molecular weight excluding hydrogens is 212 g/mol. The van der Waals surface area contributed by atoms with Crippen molar-refractivity contribution in [1.29, 1.82) is 0 Å². The van der Waals surface area contributed by atoms with Crippen LogP contribution in [0, 0.1) is 0 Å². The van der Waals surface area contributed by atoms with Crippen LogP contribution in [0.2, 0.25) is 0 Å². The minimum Gasteiger partial charge on any atom is -0.490 e. The Morgan fingerprint density at radius 1 is 1.35 bits per heavy atom. The molecule has 1 atom stereocenters. The molecule has 0 radical (unpaired) electrons. The minimum atomic E-state index is -0.0260. The molecule has 94 valence electrons. The van der Waals surface area contributed by atoms with Gasteiger partial charge in [-0.3, -0.25) is 4.79 Å². The van der Waals surface area contributed by atoms with Gasteiger partial charge in [-0.25, -0.2) is 0 Å². The first-order valence-electron chi connectivity index (χ1n) is 6.14. The fourth-order valence-corrected chi connectivity index (χ4v) is 1.61. The van der Waals surface area contributed by atoms with Crippen LogP contribution >= 0.6 is 0 Å². The highest BCUT2D eigenvalue weighted by Gasteiger charge is 2.20. The Bertz CT molecular complexity index is 388. The second kappa shape index (κ2) is 5.35. The van der Waals surface area contributed by atoms with Gasteiger partial charge in [0.25, 0.3) is 0 Å². The summed E-state index contributed by atoms with van der Waals surface area (Å²) in [5.74, 6) is 0.887. The lowest BCUT2D eigenvalue weighted by molar-refractivity contribution is 0.112. The fourth-order valence-electron chi connectivity index (χ4n) is 1.61. The Labute approximate surface area is 104 Å². The number of rotatable bonds is 4. The van der Waals surface area contributed by atoms with Gasteiger partial charge < -0.3 is 4.74 Å². The predicted molar refractivity (Wildman–Crippen MR) is 70.9 cm³/mol. The molecule has 1 aromatic carbocycles. The Morgan fingerprint density at radius 3 is 2.47 bits per heavy atom. The summed E-state index contributed by atoms with van der Waals surface area (Å²) in [7, 11) is 0. The van der Waals surface area contributed by atoms with Gasteiger partial charge in [0.2, 0.25) is 0 Å². The highest BCUT2D eigenvalue weighted by Crippen LogP contribution is 2.32. The Balaban J connectivity index is 3.16. The molecule has 0 aliphatic heterocycles. The molecule has 0 aliphatic carbocycles. The molecule has 2 heteroatoms.